The third kappa shape index (κ3) is 5.21. The molecule has 27 heavy (non-hydrogen) atoms. The van der Waals surface area contributed by atoms with Crippen molar-refractivity contribution in [3.8, 4) is 17.4 Å². The summed E-state index contributed by atoms with van der Waals surface area (Å²) < 4.78 is 11.6. The van der Waals surface area contributed by atoms with Gasteiger partial charge in [-0.1, -0.05) is 23.7 Å². The van der Waals surface area contributed by atoms with E-state index in [4.69, 9.17) is 21.1 Å². The number of halogens is 2. The van der Waals surface area contributed by atoms with Gasteiger partial charge in [0.1, 0.15) is 11.5 Å². The van der Waals surface area contributed by atoms with Gasteiger partial charge in [-0.2, -0.15) is 0 Å². The molecule has 3 rings (SSSR count). The van der Waals surface area contributed by atoms with Gasteiger partial charge in [0.2, 0.25) is 5.88 Å². The lowest BCUT2D eigenvalue weighted by Crippen LogP contribution is -2.23. The molecular weight excluding hydrogens is 432 g/mol. The number of hydrogen-bond donors (Lipinski definition) is 1. The molecule has 0 aliphatic carbocycles. The first-order valence-electron chi connectivity index (χ1n) is 8.05. The van der Waals surface area contributed by atoms with Crippen LogP contribution in [0.1, 0.15) is 15.9 Å². The molecule has 0 saturated carbocycles. The summed E-state index contributed by atoms with van der Waals surface area (Å²) in [5.41, 5.74) is 1.33. The molecule has 0 aliphatic rings. The fraction of sp³-hybridized carbons (Fsp3) is 0.100. The minimum atomic E-state index is -0.221. The van der Waals surface area contributed by atoms with Gasteiger partial charge in [-0.15, -0.1) is 0 Å². The number of benzene rings is 2. The molecule has 0 fully saturated rings. The molecule has 0 unspecified atom stereocenters. The summed E-state index contributed by atoms with van der Waals surface area (Å²) >= 11 is 9.30. The summed E-state index contributed by atoms with van der Waals surface area (Å²) in [5.74, 6) is 1.57. The lowest BCUT2D eigenvalue weighted by Gasteiger charge is -2.09. The summed E-state index contributed by atoms with van der Waals surface area (Å²) in [6.45, 7) is 0.338. The maximum atomic E-state index is 12.3. The Balaban J connectivity index is 1.60. The fourth-order valence-corrected chi connectivity index (χ4v) is 2.91. The monoisotopic (exact) mass is 446 g/mol. The highest BCUT2D eigenvalue weighted by Gasteiger charge is 2.10. The molecule has 138 valence electrons. The lowest BCUT2D eigenvalue weighted by atomic mass is 10.2. The average Bonchev–Trinajstić information content (AvgIpc) is 2.69. The Morgan fingerprint density at radius 3 is 2.70 bits per heavy atom. The Morgan fingerprint density at radius 2 is 1.96 bits per heavy atom. The van der Waals surface area contributed by atoms with Gasteiger partial charge in [0.25, 0.3) is 5.91 Å². The largest absolute Gasteiger partial charge is 0.497 e. The summed E-state index contributed by atoms with van der Waals surface area (Å²) in [4.78, 5) is 16.6. The Hall–Kier alpha value is -2.57. The number of carbonyl (C=O) groups excluding carboxylic acids is 1. The minimum Gasteiger partial charge on any atom is -0.497 e. The van der Waals surface area contributed by atoms with Crippen molar-refractivity contribution >= 4 is 33.4 Å². The molecule has 1 amide bonds. The highest BCUT2D eigenvalue weighted by Crippen LogP contribution is 2.24. The van der Waals surface area contributed by atoms with Gasteiger partial charge in [0.05, 0.1) is 12.7 Å². The van der Waals surface area contributed by atoms with Crippen molar-refractivity contribution in [2.75, 3.05) is 7.11 Å². The van der Waals surface area contributed by atoms with Gasteiger partial charge in [-0.3, -0.25) is 4.79 Å². The van der Waals surface area contributed by atoms with Crippen LogP contribution < -0.4 is 14.8 Å². The van der Waals surface area contributed by atoms with Gasteiger partial charge >= 0.3 is 0 Å². The number of nitrogens with one attached hydrogen (secondary N) is 1. The van der Waals surface area contributed by atoms with Crippen molar-refractivity contribution < 1.29 is 14.3 Å². The SMILES string of the molecule is COc1cccc(Oc2ccc(CNC(=O)c3cc(Cl)ccc3Br)cn2)c1. The molecule has 0 atom stereocenters. The third-order valence-electron chi connectivity index (χ3n) is 3.69. The molecule has 0 bridgehead atoms. The highest BCUT2D eigenvalue weighted by atomic mass is 79.9. The van der Waals surface area contributed by atoms with Gasteiger partial charge in [0.15, 0.2) is 0 Å². The molecule has 7 heteroatoms. The summed E-state index contributed by atoms with van der Waals surface area (Å²) in [5, 5.41) is 3.35. The van der Waals surface area contributed by atoms with Crippen molar-refractivity contribution in [3.63, 3.8) is 0 Å². The molecule has 5 nitrogen and oxygen atoms in total. The number of carbonyl (C=O) groups is 1. The Morgan fingerprint density at radius 1 is 1.15 bits per heavy atom. The van der Waals surface area contributed by atoms with E-state index in [1.54, 1.807) is 43.6 Å². The van der Waals surface area contributed by atoms with Crippen LogP contribution in [0.5, 0.6) is 17.4 Å². The second kappa shape index (κ2) is 8.88. The van der Waals surface area contributed by atoms with Crippen molar-refractivity contribution in [1.29, 1.82) is 0 Å². The quantitative estimate of drug-likeness (QED) is 0.562. The molecule has 1 N–H and O–H groups in total. The topological polar surface area (TPSA) is 60.5 Å². The molecule has 1 aromatic heterocycles. The highest BCUT2D eigenvalue weighted by molar-refractivity contribution is 9.10. The zero-order valence-electron chi connectivity index (χ0n) is 14.4. The Labute approximate surface area is 170 Å². The van der Waals surface area contributed by atoms with Gasteiger partial charge in [-0.05, 0) is 51.8 Å². The maximum absolute atomic E-state index is 12.3. The van der Waals surface area contributed by atoms with Crippen LogP contribution in [0, 0.1) is 0 Å². The summed E-state index contributed by atoms with van der Waals surface area (Å²) in [7, 11) is 1.60. The van der Waals surface area contributed by atoms with E-state index in [-0.39, 0.29) is 5.91 Å². The van der Waals surface area contributed by atoms with Crippen LogP contribution in [0.3, 0.4) is 0 Å². The molecule has 0 radical (unpaired) electrons. The van der Waals surface area contributed by atoms with E-state index in [1.807, 2.05) is 24.3 Å². The van der Waals surface area contributed by atoms with E-state index >= 15 is 0 Å². The van der Waals surface area contributed by atoms with Crippen molar-refractivity contribution in [2.24, 2.45) is 0 Å². The van der Waals surface area contributed by atoms with Crippen molar-refractivity contribution in [3.05, 3.63) is 81.4 Å². The summed E-state index contributed by atoms with van der Waals surface area (Å²) in [6, 6.07) is 15.9. The van der Waals surface area contributed by atoms with Crippen LogP contribution in [0.15, 0.2) is 65.3 Å². The maximum Gasteiger partial charge on any atom is 0.252 e. The van der Waals surface area contributed by atoms with Gasteiger partial charge in [-0.25, -0.2) is 4.98 Å². The molecule has 3 aromatic rings. The summed E-state index contributed by atoms with van der Waals surface area (Å²) in [6.07, 6.45) is 1.66. The number of ether oxygens (including phenoxy) is 2. The lowest BCUT2D eigenvalue weighted by molar-refractivity contribution is 0.0950. The van der Waals surface area contributed by atoms with Crippen LogP contribution in [0.25, 0.3) is 0 Å². The first kappa shape index (κ1) is 19.2. The van der Waals surface area contributed by atoms with E-state index < -0.39 is 0 Å². The fourth-order valence-electron chi connectivity index (χ4n) is 2.31. The number of nitrogens with zero attached hydrogens (tertiary/aromatic N) is 1. The predicted molar refractivity (Wildman–Crippen MR) is 108 cm³/mol. The van der Waals surface area contributed by atoms with Gasteiger partial charge in [0, 0.05) is 34.4 Å². The molecule has 2 aromatic carbocycles. The number of methoxy groups -OCH3 is 1. The molecule has 0 spiro atoms. The molecule has 0 saturated heterocycles. The first-order valence-corrected chi connectivity index (χ1v) is 9.22. The molecule has 0 aliphatic heterocycles. The predicted octanol–water partition coefficient (Wildman–Crippen LogP) is 5.23. The smallest absolute Gasteiger partial charge is 0.252 e. The van der Waals surface area contributed by atoms with E-state index in [0.717, 1.165) is 5.56 Å². The second-order valence-corrected chi connectivity index (χ2v) is 6.88. The molecule has 1 heterocycles. The minimum absolute atomic E-state index is 0.221. The zero-order valence-corrected chi connectivity index (χ0v) is 16.8. The Kier molecular flexibility index (Phi) is 6.32. The second-order valence-electron chi connectivity index (χ2n) is 5.59. The van der Waals surface area contributed by atoms with Crippen LogP contribution in [-0.4, -0.2) is 18.0 Å². The van der Waals surface area contributed by atoms with Crippen LogP contribution in [0.4, 0.5) is 0 Å². The zero-order chi connectivity index (χ0) is 19.2. The number of aromatic nitrogens is 1. The van der Waals surface area contributed by atoms with Crippen molar-refractivity contribution in [2.45, 2.75) is 6.54 Å². The Bertz CT molecular complexity index is 948. The number of pyridine rings is 1. The van der Waals surface area contributed by atoms with Crippen molar-refractivity contribution in [1.82, 2.24) is 10.3 Å². The van der Waals surface area contributed by atoms with E-state index in [1.165, 1.54) is 0 Å². The number of amides is 1. The first-order chi connectivity index (χ1) is 13.0. The normalized spacial score (nSPS) is 10.3. The standard InChI is InChI=1S/C20H16BrClN2O3/c1-26-15-3-2-4-16(10-15)27-19-8-5-13(11-23-19)12-24-20(25)17-9-14(22)6-7-18(17)21/h2-11H,12H2,1H3,(H,24,25). The van der Waals surface area contributed by atoms with Crippen LogP contribution >= 0.6 is 27.5 Å². The van der Waals surface area contributed by atoms with E-state index in [2.05, 4.69) is 26.2 Å². The molecular formula is C20H16BrClN2O3. The van der Waals surface area contributed by atoms with E-state index in [9.17, 15) is 4.79 Å². The van der Waals surface area contributed by atoms with E-state index in [0.29, 0.717) is 39.0 Å². The number of hydrogen-bond acceptors (Lipinski definition) is 4. The van der Waals surface area contributed by atoms with Crippen LogP contribution in [0.2, 0.25) is 5.02 Å². The number of rotatable bonds is 6. The average molecular weight is 448 g/mol. The van der Waals surface area contributed by atoms with Gasteiger partial charge < -0.3 is 14.8 Å². The van der Waals surface area contributed by atoms with Crippen LogP contribution in [-0.2, 0) is 6.54 Å². The third-order valence-corrected chi connectivity index (χ3v) is 4.61.